The minimum atomic E-state index is -3.70. The second-order valence-electron chi connectivity index (χ2n) is 7.97. The third kappa shape index (κ3) is 5.40. The lowest BCUT2D eigenvalue weighted by Crippen LogP contribution is -2.46. The molecule has 33 heavy (non-hydrogen) atoms. The number of nitrogens with one attached hydrogen (secondary N) is 1. The summed E-state index contributed by atoms with van der Waals surface area (Å²) in [4.78, 5) is 17.4. The van der Waals surface area contributed by atoms with Crippen LogP contribution in [0.25, 0.3) is 0 Å². The van der Waals surface area contributed by atoms with Gasteiger partial charge < -0.3 is 10.1 Å². The zero-order chi connectivity index (χ0) is 23.3. The number of sulfonamides is 1. The van der Waals surface area contributed by atoms with Crippen molar-refractivity contribution >= 4 is 15.9 Å². The van der Waals surface area contributed by atoms with Crippen LogP contribution in [0.4, 0.5) is 0 Å². The summed E-state index contributed by atoms with van der Waals surface area (Å²) in [6, 6.07) is 15.6. The maximum atomic E-state index is 13.2. The SMILES string of the molecule is COc1ccc(S(=O)(=O)N2CCCC(C(=O)NC(Cn3cncn3)c3ccccc3)C2)cc1. The monoisotopic (exact) mass is 469 g/mol. The van der Waals surface area contributed by atoms with Crippen LogP contribution < -0.4 is 10.1 Å². The summed E-state index contributed by atoms with van der Waals surface area (Å²) in [5.74, 6) is -0.0171. The summed E-state index contributed by atoms with van der Waals surface area (Å²) in [6.45, 7) is 0.959. The van der Waals surface area contributed by atoms with E-state index in [4.69, 9.17) is 4.74 Å². The Hall–Kier alpha value is -3.24. The number of rotatable bonds is 8. The van der Waals surface area contributed by atoms with Crippen LogP contribution in [0.5, 0.6) is 5.75 Å². The molecule has 0 saturated carbocycles. The normalized spacial score (nSPS) is 17.9. The van der Waals surface area contributed by atoms with Gasteiger partial charge in [-0.05, 0) is 42.7 Å². The molecule has 9 nitrogen and oxygen atoms in total. The van der Waals surface area contributed by atoms with Gasteiger partial charge in [0.1, 0.15) is 18.4 Å². The van der Waals surface area contributed by atoms with Crippen molar-refractivity contribution in [1.29, 1.82) is 0 Å². The van der Waals surface area contributed by atoms with Crippen LogP contribution in [-0.2, 0) is 21.4 Å². The van der Waals surface area contributed by atoms with Crippen molar-refractivity contribution in [3.63, 3.8) is 0 Å². The largest absolute Gasteiger partial charge is 0.497 e. The molecule has 1 saturated heterocycles. The summed E-state index contributed by atoms with van der Waals surface area (Å²) in [5, 5.41) is 7.25. The molecule has 1 fully saturated rings. The van der Waals surface area contributed by atoms with Gasteiger partial charge in [0, 0.05) is 13.1 Å². The van der Waals surface area contributed by atoms with Crippen LogP contribution in [0.15, 0.2) is 72.1 Å². The summed E-state index contributed by atoms with van der Waals surface area (Å²) < 4.78 is 34.5. The second-order valence-corrected chi connectivity index (χ2v) is 9.91. The topological polar surface area (TPSA) is 106 Å². The Kier molecular flexibility index (Phi) is 7.05. The standard InChI is InChI=1S/C23H27N5O4S/c1-32-20-9-11-21(12-10-20)33(30,31)28-13-5-8-19(14-28)23(29)26-22(15-27-17-24-16-25-27)18-6-3-2-4-7-18/h2-4,6-7,9-12,16-17,19,22H,5,8,13-15H2,1H3,(H,26,29). The molecule has 1 N–H and O–H groups in total. The molecule has 0 radical (unpaired) electrons. The first-order valence-corrected chi connectivity index (χ1v) is 12.2. The van der Waals surface area contributed by atoms with Gasteiger partial charge in [-0.25, -0.2) is 13.4 Å². The van der Waals surface area contributed by atoms with E-state index in [1.54, 1.807) is 23.1 Å². The lowest BCUT2D eigenvalue weighted by Gasteiger charge is -2.32. The number of carbonyl (C=O) groups excluding carboxylic acids is 1. The van der Waals surface area contributed by atoms with E-state index in [2.05, 4.69) is 15.4 Å². The molecule has 1 aliphatic rings. The van der Waals surface area contributed by atoms with Crippen LogP contribution in [0.2, 0.25) is 0 Å². The maximum Gasteiger partial charge on any atom is 0.243 e. The number of hydrogen-bond acceptors (Lipinski definition) is 6. The van der Waals surface area contributed by atoms with Crippen molar-refractivity contribution in [3.05, 3.63) is 72.8 Å². The van der Waals surface area contributed by atoms with Crippen LogP contribution in [-0.4, -0.2) is 53.6 Å². The highest BCUT2D eigenvalue weighted by Gasteiger charge is 2.34. The van der Waals surface area contributed by atoms with Gasteiger partial charge in [0.15, 0.2) is 0 Å². The lowest BCUT2D eigenvalue weighted by atomic mass is 9.97. The predicted octanol–water partition coefficient (Wildman–Crippen LogP) is 2.25. The van der Waals surface area contributed by atoms with Crippen LogP contribution >= 0.6 is 0 Å². The average molecular weight is 470 g/mol. The van der Waals surface area contributed by atoms with Crippen LogP contribution in [0, 0.1) is 5.92 Å². The van der Waals surface area contributed by atoms with E-state index in [-0.39, 0.29) is 23.4 Å². The molecular formula is C23H27N5O4S. The van der Waals surface area contributed by atoms with Crippen molar-refractivity contribution in [1.82, 2.24) is 24.4 Å². The second kappa shape index (κ2) is 10.1. The summed E-state index contributed by atoms with van der Waals surface area (Å²) >= 11 is 0. The fourth-order valence-corrected chi connectivity index (χ4v) is 5.52. The highest BCUT2D eigenvalue weighted by atomic mass is 32.2. The zero-order valence-corrected chi connectivity index (χ0v) is 19.2. The minimum absolute atomic E-state index is 0.144. The number of amides is 1. The molecule has 1 aromatic heterocycles. The Morgan fingerprint density at radius 2 is 1.94 bits per heavy atom. The van der Waals surface area contributed by atoms with E-state index in [1.165, 1.54) is 29.9 Å². The van der Waals surface area contributed by atoms with Gasteiger partial charge in [-0.2, -0.15) is 9.40 Å². The first-order valence-electron chi connectivity index (χ1n) is 10.8. The number of piperidine rings is 1. The van der Waals surface area contributed by atoms with E-state index in [0.29, 0.717) is 31.7 Å². The molecule has 1 aliphatic heterocycles. The highest BCUT2D eigenvalue weighted by Crippen LogP contribution is 2.26. The van der Waals surface area contributed by atoms with Crippen LogP contribution in [0.3, 0.4) is 0 Å². The van der Waals surface area contributed by atoms with Gasteiger partial charge in [0.2, 0.25) is 15.9 Å². The fraction of sp³-hybridized carbons (Fsp3) is 0.348. The third-order valence-electron chi connectivity index (χ3n) is 5.81. The molecule has 174 valence electrons. The van der Waals surface area contributed by atoms with Crippen molar-refractivity contribution in [2.45, 2.75) is 30.3 Å². The molecule has 1 amide bonds. The summed E-state index contributed by atoms with van der Waals surface area (Å²) in [7, 11) is -2.17. The molecule has 4 rings (SSSR count). The first-order chi connectivity index (χ1) is 16.0. The first kappa shape index (κ1) is 22.9. The Morgan fingerprint density at radius 1 is 1.18 bits per heavy atom. The van der Waals surface area contributed by atoms with Gasteiger partial charge in [0.05, 0.1) is 30.5 Å². The molecule has 0 bridgehead atoms. The Morgan fingerprint density at radius 3 is 2.61 bits per heavy atom. The molecule has 2 heterocycles. The van der Waals surface area contributed by atoms with Crippen molar-refractivity contribution in [3.8, 4) is 5.75 Å². The van der Waals surface area contributed by atoms with E-state index in [0.717, 1.165) is 5.56 Å². The van der Waals surface area contributed by atoms with Gasteiger partial charge in [-0.1, -0.05) is 30.3 Å². The van der Waals surface area contributed by atoms with E-state index in [1.807, 2.05) is 30.3 Å². The number of benzene rings is 2. The van der Waals surface area contributed by atoms with E-state index < -0.39 is 15.9 Å². The van der Waals surface area contributed by atoms with Crippen LogP contribution in [0.1, 0.15) is 24.4 Å². The fourth-order valence-electron chi connectivity index (χ4n) is 3.99. The summed E-state index contributed by atoms with van der Waals surface area (Å²) in [5.41, 5.74) is 0.944. The van der Waals surface area contributed by atoms with Crippen molar-refractivity contribution in [2.75, 3.05) is 20.2 Å². The zero-order valence-electron chi connectivity index (χ0n) is 18.4. The smallest absolute Gasteiger partial charge is 0.243 e. The molecular weight excluding hydrogens is 442 g/mol. The summed E-state index contributed by atoms with van der Waals surface area (Å²) in [6.07, 6.45) is 4.30. The van der Waals surface area contributed by atoms with Crippen molar-refractivity contribution in [2.24, 2.45) is 5.92 Å². The third-order valence-corrected chi connectivity index (χ3v) is 7.69. The molecule has 2 aromatic carbocycles. The molecule has 10 heteroatoms. The molecule has 2 unspecified atom stereocenters. The Bertz CT molecular complexity index is 1150. The quantitative estimate of drug-likeness (QED) is 0.542. The number of hydrogen-bond donors (Lipinski definition) is 1. The van der Waals surface area contributed by atoms with Gasteiger partial charge in [-0.15, -0.1) is 0 Å². The number of carbonyl (C=O) groups is 1. The number of aromatic nitrogens is 3. The van der Waals surface area contributed by atoms with Gasteiger partial charge >= 0.3 is 0 Å². The number of nitrogens with zero attached hydrogens (tertiary/aromatic N) is 4. The minimum Gasteiger partial charge on any atom is -0.497 e. The Labute approximate surface area is 193 Å². The number of methoxy groups -OCH3 is 1. The van der Waals surface area contributed by atoms with Crippen molar-refractivity contribution < 1.29 is 17.9 Å². The molecule has 0 aliphatic carbocycles. The number of ether oxygens (including phenoxy) is 1. The maximum absolute atomic E-state index is 13.2. The predicted molar refractivity (Wildman–Crippen MR) is 122 cm³/mol. The molecule has 0 spiro atoms. The lowest BCUT2D eigenvalue weighted by molar-refractivity contribution is -0.127. The Balaban J connectivity index is 1.47. The van der Waals surface area contributed by atoms with Gasteiger partial charge in [0.25, 0.3) is 0 Å². The van der Waals surface area contributed by atoms with E-state index in [9.17, 15) is 13.2 Å². The average Bonchev–Trinajstić information content (AvgIpc) is 3.37. The van der Waals surface area contributed by atoms with Gasteiger partial charge in [-0.3, -0.25) is 9.48 Å². The van der Waals surface area contributed by atoms with E-state index >= 15 is 0 Å². The molecule has 3 aromatic rings. The molecule has 2 atom stereocenters. The highest BCUT2D eigenvalue weighted by molar-refractivity contribution is 7.89.